The van der Waals surface area contributed by atoms with E-state index in [9.17, 15) is 18.6 Å². The topological polar surface area (TPSA) is 74.6 Å². The Hall–Kier alpha value is -2.01. The molecule has 0 radical (unpaired) electrons. The van der Waals surface area contributed by atoms with Crippen LogP contribution in [0, 0.1) is 27.7 Å². The van der Waals surface area contributed by atoms with E-state index in [1.165, 1.54) is 18.2 Å². The van der Waals surface area contributed by atoms with Gasteiger partial charge in [-0.2, -0.15) is 0 Å². The summed E-state index contributed by atoms with van der Waals surface area (Å²) in [4.78, 5) is 0.258. The van der Waals surface area contributed by atoms with E-state index in [2.05, 4.69) is 0 Å². The molecule has 112 valence electrons. The van der Waals surface area contributed by atoms with Crippen LogP contribution in [0.25, 0.3) is 0 Å². The van der Waals surface area contributed by atoms with Crippen LogP contribution in [-0.4, -0.2) is 18.6 Å². The summed E-state index contributed by atoms with van der Waals surface area (Å²) < 4.78 is 25.8. The third-order valence-electron chi connectivity index (χ3n) is 3.50. The minimum Gasteiger partial charge on any atom is -0.508 e. The van der Waals surface area contributed by atoms with Crippen LogP contribution in [0.4, 0.5) is 0 Å². The van der Waals surface area contributed by atoms with Gasteiger partial charge in [-0.1, -0.05) is 6.07 Å². The monoisotopic (exact) mass is 306 g/mol. The summed E-state index contributed by atoms with van der Waals surface area (Å²) in [5.74, 6) is -0.0133. The van der Waals surface area contributed by atoms with Crippen molar-refractivity contribution in [2.24, 2.45) is 0 Å². The zero-order chi connectivity index (χ0) is 15.9. The molecule has 0 atom stereocenters. The van der Waals surface area contributed by atoms with Gasteiger partial charge in [0.05, 0.1) is 9.79 Å². The van der Waals surface area contributed by atoms with E-state index in [1.807, 2.05) is 0 Å². The number of hydrogen-bond acceptors (Lipinski definition) is 4. The molecule has 2 aromatic rings. The maximum Gasteiger partial charge on any atom is 0.207 e. The highest BCUT2D eigenvalue weighted by atomic mass is 32.2. The first-order chi connectivity index (χ1) is 9.64. The molecule has 0 bridgehead atoms. The maximum atomic E-state index is 12.9. The highest BCUT2D eigenvalue weighted by Gasteiger charge is 2.25. The zero-order valence-electron chi connectivity index (χ0n) is 12.4. The molecule has 5 heteroatoms. The number of aromatic hydroxyl groups is 2. The number of benzene rings is 2. The predicted molar refractivity (Wildman–Crippen MR) is 80.6 cm³/mol. The second kappa shape index (κ2) is 5.07. The fraction of sp³-hybridized carbons (Fsp3) is 0.250. The summed E-state index contributed by atoms with van der Waals surface area (Å²) in [6.45, 7) is 6.70. The molecule has 0 aliphatic carbocycles. The molecule has 0 heterocycles. The van der Waals surface area contributed by atoms with Gasteiger partial charge in [0.2, 0.25) is 9.84 Å². The van der Waals surface area contributed by atoms with Crippen molar-refractivity contribution in [2.45, 2.75) is 37.5 Å². The van der Waals surface area contributed by atoms with Gasteiger partial charge in [0.25, 0.3) is 0 Å². The molecule has 0 aliphatic rings. The van der Waals surface area contributed by atoms with Crippen molar-refractivity contribution in [2.75, 3.05) is 0 Å². The lowest BCUT2D eigenvalue weighted by Crippen LogP contribution is -2.08. The SMILES string of the molecule is Cc1cc(C)c(S(=O)(=O)c2c(C)cc(O)cc2C)cc1O. The van der Waals surface area contributed by atoms with Crippen molar-refractivity contribution in [3.05, 3.63) is 46.5 Å². The van der Waals surface area contributed by atoms with Crippen LogP contribution >= 0.6 is 0 Å². The highest BCUT2D eigenvalue weighted by molar-refractivity contribution is 7.91. The van der Waals surface area contributed by atoms with Gasteiger partial charge < -0.3 is 10.2 Å². The molecule has 21 heavy (non-hydrogen) atoms. The second-order valence-corrected chi connectivity index (χ2v) is 7.17. The summed E-state index contributed by atoms with van der Waals surface area (Å²) >= 11 is 0. The van der Waals surface area contributed by atoms with Crippen LogP contribution in [0.15, 0.2) is 34.1 Å². The van der Waals surface area contributed by atoms with Crippen LogP contribution in [-0.2, 0) is 9.84 Å². The molecule has 0 saturated carbocycles. The summed E-state index contributed by atoms with van der Waals surface area (Å²) in [7, 11) is -3.76. The number of phenols is 2. The minimum atomic E-state index is -3.76. The Morgan fingerprint density at radius 3 is 1.81 bits per heavy atom. The minimum absolute atomic E-state index is 0.0347. The summed E-state index contributed by atoms with van der Waals surface area (Å²) in [5.41, 5.74) is 2.17. The fourth-order valence-corrected chi connectivity index (χ4v) is 4.51. The van der Waals surface area contributed by atoms with E-state index in [4.69, 9.17) is 0 Å². The zero-order valence-corrected chi connectivity index (χ0v) is 13.2. The molecular weight excluding hydrogens is 288 g/mol. The largest absolute Gasteiger partial charge is 0.508 e. The van der Waals surface area contributed by atoms with Gasteiger partial charge in [0.1, 0.15) is 11.5 Å². The van der Waals surface area contributed by atoms with Crippen molar-refractivity contribution in [1.29, 1.82) is 0 Å². The summed E-state index contributed by atoms with van der Waals surface area (Å²) in [5, 5.41) is 19.4. The van der Waals surface area contributed by atoms with E-state index in [0.29, 0.717) is 22.3 Å². The van der Waals surface area contributed by atoms with Crippen molar-refractivity contribution < 1.29 is 18.6 Å². The van der Waals surface area contributed by atoms with Crippen LogP contribution in [0.2, 0.25) is 0 Å². The molecule has 2 aromatic carbocycles. The maximum absolute atomic E-state index is 12.9. The van der Waals surface area contributed by atoms with Crippen LogP contribution in [0.3, 0.4) is 0 Å². The molecule has 4 nitrogen and oxygen atoms in total. The number of hydrogen-bond donors (Lipinski definition) is 2. The van der Waals surface area contributed by atoms with E-state index in [0.717, 1.165) is 0 Å². The fourth-order valence-electron chi connectivity index (χ4n) is 2.57. The van der Waals surface area contributed by atoms with Gasteiger partial charge in [0, 0.05) is 0 Å². The van der Waals surface area contributed by atoms with E-state index in [1.54, 1.807) is 33.8 Å². The van der Waals surface area contributed by atoms with Crippen LogP contribution in [0.1, 0.15) is 22.3 Å². The van der Waals surface area contributed by atoms with Gasteiger partial charge in [-0.3, -0.25) is 0 Å². The van der Waals surface area contributed by atoms with Gasteiger partial charge in [0.15, 0.2) is 0 Å². The van der Waals surface area contributed by atoms with Crippen LogP contribution in [0.5, 0.6) is 11.5 Å². The van der Waals surface area contributed by atoms with E-state index < -0.39 is 9.84 Å². The van der Waals surface area contributed by atoms with Gasteiger partial charge in [-0.05, 0) is 68.1 Å². The molecule has 2 N–H and O–H groups in total. The third-order valence-corrected chi connectivity index (χ3v) is 5.70. The molecule has 0 spiro atoms. The normalized spacial score (nSPS) is 11.6. The quantitative estimate of drug-likeness (QED) is 0.893. The Kier molecular flexibility index (Phi) is 3.72. The molecule has 2 rings (SSSR count). The molecule has 0 aromatic heterocycles. The highest BCUT2D eigenvalue weighted by Crippen LogP contribution is 2.33. The summed E-state index contributed by atoms with van der Waals surface area (Å²) in [6.07, 6.45) is 0. The number of aryl methyl sites for hydroxylation is 4. The molecule has 0 unspecified atom stereocenters. The number of sulfone groups is 1. The molecule has 0 fully saturated rings. The van der Waals surface area contributed by atoms with E-state index >= 15 is 0 Å². The van der Waals surface area contributed by atoms with Crippen molar-refractivity contribution >= 4 is 9.84 Å². The second-order valence-electron chi connectivity index (χ2n) is 5.32. The van der Waals surface area contributed by atoms with Gasteiger partial charge >= 0.3 is 0 Å². The van der Waals surface area contributed by atoms with Crippen molar-refractivity contribution in [3.63, 3.8) is 0 Å². The molecule has 0 amide bonds. The van der Waals surface area contributed by atoms with Crippen molar-refractivity contribution in [3.8, 4) is 11.5 Å². The first-order valence-electron chi connectivity index (χ1n) is 6.50. The first kappa shape index (κ1) is 15.4. The Morgan fingerprint density at radius 1 is 0.762 bits per heavy atom. The predicted octanol–water partition coefficient (Wildman–Crippen LogP) is 3.16. The Morgan fingerprint density at radius 2 is 1.29 bits per heavy atom. The Labute approximate surface area is 124 Å². The van der Waals surface area contributed by atoms with Gasteiger partial charge in [-0.25, -0.2) is 8.42 Å². The lowest BCUT2D eigenvalue weighted by atomic mass is 10.1. The summed E-state index contributed by atoms with van der Waals surface area (Å²) in [6, 6.07) is 5.77. The number of phenolic OH excluding ortho intramolecular Hbond substituents is 2. The first-order valence-corrected chi connectivity index (χ1v) is 7.98. The standard InChI is InChI=1S/C16H18O4S/c1-9-5-10(2)15(8-14(9)18)21(19,20)16-11(3)6-13(17)7-12(16)4/h5-8,17-18H,1-4H3. The molecule has 0 aliphatic heterocycles. The van der Waals surface area contributed by atoms with Crippen LogP contribution < -0.4 is 0 Å². The van der Waals surface area contributed by atoms with Crippen molar-refractivity contribution in [1.82, 2.24) is 0 Å². The average Bonchev–Trinajstić information content (AvgIpc) is 2.31. The molecule has 0 saturated heterocycles. The van der Waals surface area contributed by atoms with E-state index in [-0.39, 0.29) is 21.3 Å². The van der Waals surface area contributed by atoms with Gasteiger partial charge in [-0.15, -0.1) is 0 Å². The lowest BCUT2D eigenvalue weighted by molar-refractivity contribution is 0.468. The third kappa shape index (κ3) is 2.61. The number of rotatable bonds is 2. The smallest absolute Gasteiger partial charge is 0.207 e. The Balaban J connectivity index is 2.78. The lowest BCUT2D eigenvalue weighted by Gasteiger charge is -2.14. The average molecular weight is 306 g/mol. The molecular formula is C16H18O4S. The Bertz CT molecular complexity index is 797.